The number of rotatable bonds is 12. The number of aliphatic hydroxyl groups excluding tert-OH is 1. The first-order valence-corrected chi connectivity index (χ1v) is 16.8. The van der Waals surface area contributed by atoms with E-state index in [1.165, 1.54) is 24.2 Å². The molecule has 0 radical (unpaired) electrons. The molecule has 3 fully saturated rings. The minimum absolute atomic E-state index is 0.171. The van der Waals surface area contributed by atoms with Gasteiger partial charge in [-0.2, -0.15) is 4.98 Å². The fourth-order valence-corrected chi connectivity index (χ4v) is 7.61. The van der Waals surface area contributed by atoms with E-state index >= 15 is 0 Å². The largest absolute Gasteiger partial charge is 0.388 e. The molecule has 0 bridgehead atoms. The Morgan fingerprint density at radius 2 is 1.98 bits per heavy atom. The van der Waals surface area contributed by atoms with Gasteiger partial charge >= 0.3 is 0 Å². The summed E-state index contributed by atoms with van der Waals surface area (Å²) in [5.74, 6) is 1.02. The number of aromatic nitrogens is 4. The van der Waals surface area contributed by atoms with Crippen LogP contribution < -0.4 is 10.6 Å². The smallest absolute Gasteiger partial charge is 0.224 e. The van der Waals surface area contributed by atoms with E-state index in [4.69, 9.17) is 14.7 Å². The minimum Gasteiger partial charge on any atom is -0.388 e. The SMILES string of the molecule is Cc1nc(NCCOCC2CC2)nc(NC2(O)CCC(CS(C)(=O)=O)C2O)c1-c1nc2c(C3CC3)nccc2s1. The van der Waals surface area contributed by atoms with Gasteiger partial charge < -0.3 is 25.6 Å². The lowest BCUT2D eigenvalue weighted by molar-refractivity contribution is -0.0442. The Morgan fingerprint density at radius 3 is 2.70 bits per heavy atom. The van der Waals surface area contributed by atoms with E-state index in [1.807, 2.05) is 19.2 Å². The van der Waals surface area contributed by atoms with Crippen molar-refractivity contribution in [3.8, 4) is 10.6 Å². The van der Waals surface area contributed by atoms with Gasteiger partial charge in [-0.05, 0) is 57.4 Å². The van der Waals surface area contributed by atoms with Gasteiger partial charge in [-0.1, -0.05) is 0 Å². The molecule has 6 rings (SSSR count). The van der Waals surface area contributed by atoms with Crippen LogP contribution in [0, 0.1) is 18.8 Å². The van der Waals surface area contributed by atoms with E-state index in [-0.39, 0.29) is 12.2 Å². The summed E-state index contributed by atoms with van der Waals surface area (Å²) >= 11 is 1.51. The van der Waals surface area contributed by atoms with Crippen LogP contribution in [0.5, 0.6) is 0 Å². The van der Waals surface area contributed by atoms with Gasteiger partial charge in [0.05, 0.1) is 34.0 Å². The Hall–Kier alpha value is -2.45. The van der Waals surface area contributed by atoms with Crippen molar-refractivity contribution in [1.29, 1.82) is 0 Å². The van der Waals surface area contributed by atoms with Crippen molar-refractivity contribution >= 4 is 43.2 Å². The summed E-state index contributed by atoms with van der Waals surface area (Å²) in [6.45, 7) is 3.67. The molecule has 216 valence electrons. The molecule has 0 amide bonds. The maximum Gasteiger partial charge on any atom is 0.224 e. The topological polar surface area (TPSA) is 159 Å². The van der Waals surface area contributed by atoms with Gasteiger partial charge in [-0.15, -0.1) is 11.3 Å². The summed E-state index contributed by atoms with van der Waals surface area (Å²) in [5, 5.41) is 29.5. The molecule has 3 aromatic rings. The number of anilines is 2. The highest BCUT2D eigenvalue weighted by molar-refractivity contribution is 7.90. The van der Waals surface area contributed by atoms with Crippen molar-refractivity contribution < 1.29 is 23.4 Å². The van der Waals surface area contributed by atoms with E-state index in [9.17, 15) is 18.6 Å². The number of aliphatic hydroxyl groups is 2. The fourth-order valence-electron chi connectivity index (χ4n) is 5.41. The number of sulfone groups is 1. The fraction of sp³-hybridized carbons (Fsp3) is 0.630. The number of ether oxygens (including phenoxy) is 1. The molecular weight excluding hydrogens is 552 g/mol. The zero-order valence-corrected chi connectivity index (χ0v) is 24.4. The zero-order valence-electron chi connectivity index (χ0n) is 22.8. The van der Waals surface area contributed by atoms with E-state index in [0.29, 0.717) is 59.4 Å². The molecule has 40 heavy (non-hydrogen) atoms. The van der Waals surface area contributed by atoms with Crippen LogP contribution in [0.15, 0.2) is 12.3 Å². The highest BCUT2D eigenvalue weighted by Gasteiger charge is 2.48. The van der Waals surface area contributed by atoms with Crippen molar-refractivity contribution in [3.05, 3.63) is 23.7 Å². The minimum atomic E-state index is -3.33. The predicted molar refractivity (Wildman–Crippen MR) is 154 cm³/mol. The van der Waals surface area contributed by atoms with Crippen LogP contribution in [0.25, 0.3) is 20.8 Å². The van der Waals surface area contributed by atoms with E-state index in [2.05, 4.69) is 20.6 Å². The summed E-state index contributed by atoms with van der Waals surface area (Å²) in [6, 6.07) is 1.95. The van der Waals surface area contributed by atoms with Gasteiger partial charge in [0.2, 0.25) is 5.95 Å². The van der Waals surface area contributed by atoms with Crippen LogP contribution >= 0.6 is 11.3 Å². The maximum atomic E-state index is 11.9. The predicted octanol–water partition coefficient (Wildman–Crippen LogP) is 3.09. The zero-order chi connectivity index (χ0) is 28.1. The highest BCUT2D eigenvalue weighted by atomic mass is 32.2. The number of nitrogens with zero attached hydrogens (tertiary/aromatic N) is 4. The van der Waals surface area contributed by atoms with Crippen LogP contribution in [-0.4, -0.2) is 82.2 Å². The molecule has 3 aliphatic rings. The van der Waals surface area contributed by atoms with Crippen LogP contribution in [-0.2, 0) is 14.6 Å². The Morgan fingerprint density at radius 1 is 1.18 bits per heavy atom. The summed E-state index contributed by atoms with van der Waals surface area (Å²) in [5.41, 5.74) is 1.41. The third kappa shape index (κ3) is 6.08. The molecule has 3 aromatic heterocycles. The van der Waals surface area contributed by atoms with Crippen LogP contribution in [0.1, 0.15) is 55.8 Å². The summed E-state index contributed by atoms with van der Waals surface area (Å²) < 4.78 is 30.6. The molecule has 0 saturated heterocycles. The second-order valence-electron chi connectivity index (χ2n) is 11.5. The second-order valence-corrected chi connectivity index (χ2v) is 14.7. The van der Waals surface area contributed by atoms with Gasteiger partial charge in [-0.3, -0.25) is 4.98 Å². The van der Waals surface area contributed by atoms with E-state index in [1.54, 1.807) is 0 Å². The normalized spacial score (nSPS) is 25.0. The van der Waals surface area contributed by atoms with Crippen molar-refractivity contribution in [2.45, 2.75) is 63.2 Å². The number of hydrogen-bond acceptors (Lipinski definition) is 12. The molecule has 11 nitrogen and oxygen atoms in total. The number of nitrogens with one attached hydrogen (secondary N) is 2. The average Bonchev–Trinajstić information content (AvgIpc) is 3.82. The number of hydrogen-bond donors (Lipinski definition) is 4. The van der Waals surface area contributed by atoms with Gasteiger partial charge in [0.25, 0.3) is 0 Å². The van der Waals surface area contributed by atoms with Gasteiger partial charge in [0.1, 0.15) is 32.3 Å². The van der Waals surface area contributed by atoms with Crippen molar-refractivity contribution in [2.75, 3.05) is 42.4 Å². The quantitative estimate of drug-likeness (QED) is 0.182. The molecular formula is C27H36N6O5S2. The number of fused-ring (bicyclic) bond motifs is 1. The van der Waals surface area contributed by atoms with Crippen molar-refractivity contribution in [1.82, 2.24) is 19.9 Å². The standard InChI is InChI=1S/C27H36N6O5S2/c1-15-20(25-31-22-19(39-25)8-10-28-21(22)17-5-6-17)24(32-26(30-15)29-11-12-38-13-16-3-4-16)33-27(35)9-7-18(23(27)34)14-40(2,36)37/h8,10,16-18,23,34-35H,3-7,9,11-14H2,1-2H3,(H2,29,30,32,33). The molecule has 4 N–H and O–H groups in total. The van der Waals surface area contributed by atoms with Crippen LogP contribution in [0.4, 0.5) is 11.8 Å². The van der Waals surface area contributed by atoms with Crippen molar-refractivity contribution in [3.63, 3.8) is 0 Å². The Balaban J connectivity index is 1.32. The van der Waals surface area contributed by atoms with E-state index in [0.717, 1.165) is 41.6 Å². The van der Waals surface area contributed by atoms with Gasteiger partial charge in [0, 0.05) is 37.4 Å². The molecule has 3 heterocycles. The van der Waals surface area contributed by atoms with Crippen LogP contribution in [0.3, 0.4) is 0 Å². The highest BCUT2D eigenvalue weighted by Crippen LogP contribution is 2.45. The lowest BCUT2D eigenvalue weighted by Gasteiger charge is -2.31. The molecule has 13 heteroatoms. The molecule has 3 unspecified atom stereocenters. The van der Waals surface area contributed by atoms with Crippen molar-refractivity contribution in [2.24, 2.45) is 11.8 Å². The number of pyridine rings is 1. The van der Waals surface area contributed by atoms with Crippen LogP contribution in [0.2, 0.25) is 0 Å². The third-order valence-corrected chi connectivity index (χ3v) is 9.94. The molecule has 0 spiro atoms. The lowest BCUT2D eigenvalue weighted by Crippen LogP contribution is -2.48. The number of aryl methyl sites for hydroxylation is 1. The average molecular weight is 589 g/mol. The first-order valence-electron chi connectivity index (χ1n) is 13.9. The lowest BCUT2D eigenvalue weighted by atomic mass is 10.0. The Kier molecular flexibility index (Phi) is 7.45. The first-order chi connectivity index (χ1) is 19.1. The van der Waals surface area contributed by atoms with E-state index < -0.39 is 27.6 Å². The Bertz CT molecular complexity index is 1510. The Labute approximate surface area is 237 Å². The molecule has 0 aromatic carbocycles. The molecule has 0 aliphatic heterocycles. The third-order valence-electron chi connectivity index (χ3n) is 7.87. The molecule has 3 saturated carbocycles. The van der Waals surface area contributed by atoms with Gasteiger partial charge in [-0.25, -0.2) is 18.4 Å². The monoisotopic (exact) mass is 588 g/mol. The summed E-state index contributed by atoms with van der Waals surface area (Å²) in [7, 11) is -3.33. The molecule has 3 atom stereocenters. The number of thiazole rings is 1. The second kappa shape index (κ2) is 10.8. The maximum absolute atomic E-state index is 11.9. The summed E-state index contributed by atoms with van der Waals surface area (Å²) in [4.78, 5) is 18.9. The molecule has 3 aliphatic carbocycles. The first kappa shape index (κ1) is 27.7. The summed E-state index contributed by atoms with van der Waals surface area (Å²) in [6.07, 6.45) is 6.88. The van der Waals surface area contributed by atoms with Gasteiger partial charge in [0.15, 0.2) is 5.72 Å².